The van der Waals surface area contributed by atoms with Gasteiger partial charge in [-0.25, -0.2) is 0 Å². The van der Waals surface area contributed by atoms with Gasteiger partial charge >= 0.3 is 0 Å². The molecule has 2 N–H and O–H groups in total. The third kappa shape index (κ3) is 3.58. The Bertz CT molecular complexity index is 623. The van der Waals surface area contributed by atoms with Gasteiger partial charge in [0.1, 0.15) is 11.8 Å². The summed E-state index contributed by atoms with van der Waals surface area (Å²) in [5.41, 5.74) is -0.943. The van der Waals surface area contributed by atoms with Crippen LogP contribution in [0.15, 0.2) is 30.3 Å². The Hall–Kier alpha value is -2.37. The molecule has 128 valence electrons. The van der Waals surface area contributed by atoms with Crippen LogP contribution < -0.4 is 15.4 Å². The van der Waals surface area contributed by atoms with Crippen molar-refractivity contribution < 1.29 is 19.1 Å². The molecule has 0 spiro atoms. The van der Waals surface area contributed by atoms with Crippen molar-refractivity contribution in [2.24, 2.45) is 0 Å². The smallest absolute Gasteiger partial charge is 0.264 e. The van der Waals surface area contributed by atoms with Gasteiger partial charge in [0, 0.05) is 6.42 Å². The molecule has 0 bridgehead atoms. The Morgan fingerprint density at radius 2 is 1.83 bits per heavy atom. The van der Waals surface area contributed by atoms with Gasteiger partial charge in [-0.3, -0.25) is 19.7 Å². The minimum Gasteiger partial charge on any atom is -0.477 e. The number of nitrogens with one attached hydrogen (secondary N) is 2. The summed E-state index contributed by atoms with van der Waals surface area (Å²) in [6, 6.07) is 8.61. The van der Waals surface area contributed by atoms with Gasteiger partial charge in [-0.1, -0.05) is 24.6 Å². The van der Waals surface area contributed by atoms with Gasteiger partial charge in [-0.05, 0) is 44.2 Å². The van der Waals surface area contributed by atoms with Gasteiger partial charge < -0.3 is 10.1 Å². The van der Waals surface area contributed by atoms with Crippen LogP contribution in [0.5, 0.6) is 5.75 Å². The van der Waals surface area contributed by atoms with E-state index in [1.807, 2.05) is 30.3 Å². The van der Waals surface area contributed by atoms with Gasteiger partial charge in [-0.2, -0.15) is 0 Å². The molecular weight excluding hydrogens is 308 g/mol. The average molecular weight is 330 g/mol. The molecule has 1 aliphatic heterocycles. The molecular formula is C18H22N2O4. The molecule has 24 heavy (non-hydrogen) atoms. The molecule has 1 saturated heterocycles. The SMILES string of the molecule is O=C1CCC(NC(=O)C2(Oc3ccccc3)CCCCC2)C(=O)N1. The molecule has 2 aliphatic rings. The van der Waals surface area contributed by atoms with Crippen LogP contribution in [0, 0.1) is 0 Å². The van der Waals surface area contributed by atoms with Crippen molar-refractivity contribution in [3.63, 3.8) is 0 Å². The summed E-state index contributed by atoms with van der Waals surface area (Å²) in [6.45, 7) is 0. The second kappa shape index (κ2) is 7.03. The first-order chi connectivity index (χ1) is 11.6. The number of ether oxygens (including phenoxy) is 1. The lowest BCUT2D eigenvalue weighted by Gasteiger charge is -2.37. The first kappa shape index (κ1) is 16.5. The second-order valence-corrected chi connectivity index (χ2v) is 6.45. The van der Waals surface area contributed by atoms with Crippen LogP contribution in [-0.4, -0.2) is 29.4 Å². The lowest BCUT2D eigenvalue weighted by atomic mass is 9.83. The van der Waals surface area contributed by atoms with Crippen molar-refractivity contribution in [2.45, 2.75) is 56.6 Å². The van der Waals surface area contributed by atoms with E-state index in [9.17, 15) is 14.4 Å². The lowest BCUT2D eigenvalue weighted by molar-refractivity contribution is -0.145. The minimum atomic E-state index is -0.943. The number of para-hydroxylation sites is 1. The zero-order valence-corrected chi connectivity index (χ0v) is 13.5. The zero-order valence-electron chi connectivity index (χ0n) is 13.5. The number of imide groups is 1. The fourth-order valence-electron chi connectivity index (χ4n) is 3.33. The van der Waals surface area contributed by atoms with Gasteiger partial charge in [0.25, 0.3) is 5.91 Å². The molecule has 1 atom stereocenters. The Morgan fingerprint density at radius 1 is 1.12 bits per heavy atom. The number of carbonyl (C=O) groups is 3. The van der Waals surface area contributed by atoms with Gasteiger partial charge in [0.15, 0.2) is 5.60 Å². The van der Waals surface area contributed by atoms with E-state index >= 15 is 0 Å². The first-order valence-electron chi connectivity index (χ1n) is 8.48. The quantitative estimate of drug-likeness (QED) is 0.823. The standard InChI is InChI=1S/C18H22N2O4/c21-15-10-9-14(16(22)20-15)19-17(23)18(11-5-2-6-12-18)24-13-7-3-1-4-8-13/h1,3-4,7-8,14H,2,5-6,9-12H2,(H,19,23)(H,20,21,22). The largest absolute Gasteiger partial charge is 0.477 e. The number of amides is 3. The van der Waals surface area contributed by atoms with Crippen molar-refractivity contribution in [3.05, 3.63) is 30.3 Å². The van der Waals surface area contributed by atoms with Crippen LogP contribution in [0.4, 0.5) is 0 Å². The maximum Gasteiger partial charge on any atom is 0.264 e. The Morgan fingerprint density at radius 3 is 2.50 bits per heavy atom. The summed E-state index contributed by atoms with van der Waals surface area (Å²) >= 11 is 0. The molecule has 2 fully saturated rings. The zero-order chi connectivity index (χ0) is 17.0. The number of hydrogen-bond donors (Lipinski definition) is 2. The van der Waals surface area contributed by atoms with Crippen LogP contribution in [0.25, 0.3) is 0 Å². The maximum absolute atomic E-state index is 12.9. The highest BCUT2D eigenvalue weighted by Crippen LogP contribution is 2.33. The molecule has 1 aromatic rings. The van der Waals surface area contributed by atoms with Crippen LogP contribution in [0.3, 0.4) is 0 Å². The molecule has 6 heteroatoms. The Balaban J connectivity index is 1.74. The van der Waals surface area contributed by atoms with Crippen molar-refractivity contribution in [1.82, 2.24) is 10.6 Å². The third-order valence-corrected chi connectivity index (χ3v) is 4.68. The Kier molecular flexibility index (Phi) is 4.83. The Labute approximate surface area is 140 Å². The van der Waals surface area contributed by atoms with Gasteiger partial charge in [0.2, 0.25) is 11.8 Å². The van der Waals surface area contributed by atoms with E-state index in [0.717, 1.165) is 19.3 Å². The fraction of sp³-hybridized carbons (Fsp3) is 0.500. The molecule has 1 aliphatic carbocycles. The number of piperidine rings is 1. The van der Waals surface area contributed by atoms with E-state index in [1.165, 1.54) is 0 Å². The van der Waals surface area contributed by atoms with Crippen molar-refractivity contribution in [2.75, 3.05) is 0 Å². The van der Waals surface area contributed by atoms with Gasteiger partial charge in [-0.15, -0.1) is 0 Å². The predicted octanol–water partition coefficient (Wildman–Crippen LogP) is 1.69. The minimum absolute atomic E-state index is 0.239. The molecule has 0 aromatic heterocycles. The van der Waals surface area contributed by atoms with Crippen LogP contribution in [0.1, 0.15) is 44.9 Å². The number of hydrogen-bond acceptors (Lipinski definition) is 4. The molecule has 6 nitrogen and oxygen atoms in total. The molecule has 1 heterocycles. The van der Waals surface area contributed by atoms with E-state index in [1.54, 1.807) is 0 Å². The average Bonchev–Trinajstić information content (AvgIpc) is 2.59. The van der Waals surface area contributed by atoms with E-state index in [0.29, 0.717) is 25.0 Å². The fourth-order valence-corrected chi connectivity index (χ4v) is 3.33. The molecule has 1 saturated carbocycles. The molecule has 1 aromatic carbocycles. The summed E-state index contributed by atoms with van der Waals surface area (Å²) < 4.78 is 6.09. The van der Waals surface area contributed by atoms with Crippen LogP contribution in [0.2, 0.25) is 0 Å². The van der Waals surface area contributed by atoms with E-state index < -0.39 is 17.6 Å². The summed E-state index contributed by atoms with van der Waals surface area (Å²) in [6.07, 6.45) is 4.72. The summed E-state index contributed by atoms with van der Waals surface area (Å²) in [5, 5.41) is 5.06. The van der Waals surface area contributed by atoms with Crippen molar-refractivity contribution in [3.8, 4) is 5.75 Å². The predicted molar refractivity (Wildman–Crippen MR) is 87.2 cm³/mol. The monoisotopic (exact) mass is 330 g/mol. The number of rotatable bonds is 4. The van der Waals surface area contributed by atoms with Gasteiger partial charge in [0.05, 0.1) is 0 Å². The van der Waals surface area contributed by atoms with Crippen molar-refractivity contribution >= 4 is 17.7 Å². The summed E-state index contributed by atoms with van der Waals surface area (Å²) in [5.74, 6) is -0.345. The second-order valence-electron chi connectivity index (χ2n) is 6.45. The summed E-state index contributed by atoms with van der Waals surface area (Å²) in [4.78, 5) is 36.1. The lowest BCUT2D eigenvalue weighted by Crippen LogP contribution is -2.59. The highest BCUT2D eigenvalue weighted by molar-refractivity contribution is 6.02. The van der Waals surface area contributed by atoms with E-state index in [2.05, 4.69) is 10.6 Å². The van der Waals surface area contributed by atoms with Crippen LogP contribution in [-0.2, 0) is 14.4 Å². The van der Waals surface area contributed by atoms with E-state index in [-0.39, 0.29) is 18.2 Å². The van der Waals surface area contributed by atoms with E-state index in [4.69, 9.17) is 4.74 Å². The normalized spacial score (nSPS) is 23.2. The summed E-state index contributed by atoms with van der Waals surface area (Å²) in [7, 11) is 0. The van der Waals surface area contributed by atoms with Crippen molar-refractivity contribution in [1.29, 1.82) is 0 Å². The first-order valence-corrected chi connectivity index (χ1v) is 8.48. The highest BCUT2D eigenvalue weighted by Gasteiger charge is 2.43. The molecule has 3 amide bonds. The molecule has 3 rings (SSSR count). The topological polar surface area (TPSA) is 84.5 Å². The van der Waals surface area contributed by atoms with Crippen LogP contribution >= 0.6 is 0 Å². The number of carbonyl (C=O) groups excluding carboxylic acids is 3. The molecule has 0 radical (unpaired) electrons. The highest BCUT2D eigenvalue weighted by atomic mass is 16.5. The number of benzene rings is 1. The third-order valence-electron chi connectivity index (χ3n) is 4.68. The molecule has 1 unspecified atom stereocenters. The maximum atomic E-state index is 12.9.